The Morgan fingerprint density at radius 3 is 2.53 bits per heavy atom. The van der Waals surface area contributed by atoms with E-state index < -0.39 is 21.6 Å². The van der Waals surface area contributed by atoms with Gasteiger partial charge in [0, 0.05) is 0 Å². The fourth-order valence-electron chi connectivity index (χ4n) is 1.86. The Kier molecular flexibility index (Phi) is 3.38. The molecule has 0 unspecified atom stereocenters. The number of hydrogen-bond acceptors (Lipinski definition) is 4. The molecule has 1 N–H and O–H groups in total. The summed E-state index contributed by atoms with van der Waals surface area (Å²) >= 11 is 16.6. The van der Waals surface area contributed by atoms with Crippen molar-refractivity contribution < 1.29 is 14.2 Å². The van der Waals surface area contributed by atoms with E-state index in [1.165, 1.54) is 0 Å². The van der Waals surface area contributed by atoms with Gasteiger partial charge in [0.15, 0.2) is 5.79 Å². The number of fused-ring (bicyclic) bond motifs is 1. The Hall–Kier alpha value is -0.000000000000000132. The lowest BCUT2D eigenvalue weighted by Crippen LogP contribution is -2.35. The van der Waals surface area contributed by atoms with Gasteiger partial charge in [0.2, 0.25) is 5.90 Å². The molecule has 17 heavy (non-hydrogen) atoms. The van der Waals surface area contributed by atoms with E-state index in [1.807, 2.05) is 19.9 Å². The van der Waals surface area contributed by atoms with Crippen molar-refractivity contribution in [2.24, 2.45) is 0 Å². The topological polar surface area (TPSA) is 51.5 Å². The van der Waals surface area contributed by atoms with Gasteiger partial charge < -0.3 is 14.2 Å². The largest absolute Gasteiger partial charge is 0.468 e. The number of alkyl halides is 3. The second kappa shape index (κ2) is 4.28. The van der Waals surface area contributed by atoms with Crippen LogP contribution in [0.4, 0.5) is 0 Å². The van der Waals surface area contributed by atoms with Crippen LogP contribution in [0.1, 0.15) is 13.8 Å². The van der Waals surface area contributed by atoms with Crippen LogP contribution in [0.3, 0.4) is 0 Å². The van der Waals surface area contributed by atoms with Gasteiger partial charge in [0.1, 0.15) is 18.3 Å². The lowest BCUT2D eigenvalue weighted by molar-refractivity contribution is -0.151. The lowest BCUT2D eigenvalue weighted by Gasteiger charge is -2.23. The molecule has 0 aromatic heterocycles. The first kappa shape index (κ1) is 13.4. The van der Waals surface area contributed by atoms with Crippen molar-refractivity contribution >= 4 is 40.7 Å². The van der Waals surface area contributed by atoms with Crippen LogP contribution < -0.4 is 0 Å². The van der Waals surface area contributed by atoms with E-state index in [4.69, 9.17) is 54.4 Å². The average Bonchev–Trinajstić information content (AvgIpc) is 2.61. The van der Waals surface area contributed by atoms with E-state index in [0.717, 1.165) is 0 Å². The third kappa shape index (κ3) is 2.88. The molecule has 1 aliphatic heterocycles. The molecule has 0 spiro atoms. The highest BCUT2D eigenvalue weighted by Gasteiger charge is 2.48. The van der Waals surface area contributed by atoms with Crippen molar-refractivity contribution in [2.45, 2.75) is 41.7 Å². The minimum absolute atomic E-state index is 0.182. The number of hydrogen-bond donors (Lipinski definition) is 1. The van der Waals surface area contributed by atoms with Gasteiger partial charge in [-0.2, -0.15) is 0 Å². The minimum atomic E-state index is -1.86. The first-order valence-corrected chi connectivity index (χ1v) is 6.19. The normalized spacial score (nSPS) is 34.8. The molecule has 7 heteroatoms. The summed E-state index contributed by atoms with van der Waals surface area (Å²) in [5.41, 5.74) is 0. The molecule has 2 aliphatic rings. The maximum Gasteiger partial charge on any atom is 0.265 e. The molecule has 1 aliphatic carbocycles. The summed E-state index contributed by atoms with van der Waals surface area (Å²) in [4.78, 5) is 0. The summed E-state index contributed by atoms with van der Waals surface area (Å²) in [7, 11) is 0. The van der Waals surface area contributed by atoms with Crippen LogP contribution in [0, 0.1) is 5.41 Å². The zero-order valence-corrected chi connectivity index (χ0v) is 11.5. The maximum atomic E-state index is 7.51. The highest BCUT2D eigenvalue weighted by Crippen LogP contribution is 2.37. The molecule has 0 aromatic rings. The van der Waals surface area contributed by atoms with Gasteiger partial charge >= 0.3 is 0 Å². The van der Waals surface area contributed by atoms with Crippen LogP contribution >= 0.6 is 34.8 Å². The van der Waals surface area contributed by atoms with E-state index in [2.05, 4.69) is 0 Å². The fraction of sp³-hybridized carbons (Fsp3) is 0.700. The van der Waals surface area contributed by atoms with Gasteiger partial charge in [0.05, 0.1) is 0 Å². The Morgan fingerprint density at radius 2 is 1.94 bits per heavy atom. The third-order valence-electron chi connectivity index (χ3n) is 2.49. The number of ether oxygens (including phenoxy) is 3. The molecule has 0 saturated carbocycles. The molecular formula is C10H12Cl3NO3. The average molecular weight is 301 g/mol. The summed E-state index contributed by atoms with van der Waals surface area (Å²) in [6.07, 6.45) is 2.62. The Labute approximate surface area is 114 Å². The van der Waals surface area contributed by atoms with Crippen molar-refractivity contribution in [1.82, 2.24) is 0 Å². The molecule has 1 fully saturated rings. The third-order valence-corrected chi connectivity index (χ3v) is 3.00. The van der Waals surface area contributed by atoms with E-state index in [9.17, 15) is 0 Å². The SMILES string of the molecule is CC1(C)O[C@H]2[C@H](OC(=N)C(Cl)(Cl)Cl)C=C[C@H]2O1. The Morgan fingerprint density at radius 1 is 1.29 bits per heavy atom. The van der Waals surface area contributed by atoms with Gasteiger partial charge in [-0.15, -0.1) is 0 Å². The number of nitrogens with one attached hydrogen (secondary N) is 1. The maximum absolute atomic E-state index is 7.51. The van der Waals surface area contributed by atoms with Gasteiger partial charge in [-0.05, 0) is 19.9 Å². The standard InChI is InChI=1S/C10H12Cl3NO3/c1-9(2)16-6-4-3-5(7(6)17-9)15-8(14)10(11,12)13/h3-7,14H,1-2H3/t5-,6-,7+/m1/s1. The van der Waals surface area contributed by atoms with Crippen LogP contribution in [0.5, 0.6) is 0 Å². The summed E-state index contributed by atoms with van der Waals surface area (Å²) in [6.45, 7) is 3.63. The number of halogens is 3. The minimum Gasteiger partial charge on any atom is -0.468 e. The smallest absolute Gasteiger partial charge is 0.265 e. The van der Waals surface area contributed by atoms with Gasteiger partial charge in [-0.1, -0.05) is 40.9 Å². The predicted molar refractivity (Wildman–Crippen MR) is 65.9 cm³/mol. The van der Waals surface area contributed by atoms with E-state index in [-0.39, 0.29) is 12.2 Å². The first-order chi connectivity index (χ1) is 7.69. The zero-order valence-electron chi connectivity index (χ0n) is 9.25. The second-order valence-corrected chi connectivity index (χ2v) is 6.64. The molecule has 96 valence electrons. The van der Waals surface area contributed by atoms with Gasteiger partial charge in [-0.25, -0.2) is 0 Å². The van der Waals surface area contributed by atoms with Crippen molar-refractivity contribution in [3.05, 3.63) is 12.2 Å². The van der Waals surface area contributed by atoms with Crippen LogP contribution in [0.15, 0.2) is 12.2 Å². The molecule has 1 saturated heterocycles. The highest BCUT2D eigenvalue weighted by atomic mass is 35.6. The van der Waals surface area contributed by atoms with Crippen molar-refractivity contribution in [2.75, 3.05) is 0 Å². The van der Waals surface area contributed by atoms with Crippen molar-refractivity contribution in [3.63, 3.8) is 0 Å². The summed E-state index contributed by atoms with van der Waals surface area (Å²) < 4.78 is 14.7. The highest BCUT2D eigenvalue weighted by molar-refractivity contribution is 6.76. The van der Waals surface area contributed by atoms with Gasteiger partial charge in [-0.3, -0.25) is 5.41 Å². The molecule has 3 atom stereocenters. The van der Waals surface area contributed by atoms with Gasteiger partial charge in [0.25, 0.3) is 3.79 Å². The van der Waals surface area contributed by atoms with Crippen LogP contribution in [-0.4, -0.2) is 33.8 Å². The lowest BCUT2D eigenvalue weighted by atomic mass is 10.2. The van der Waals surface area contributed by atoms with Crippen LogP contribution in [0.25, 0.3) is 0 Å². The summed E-state index contributed by atoms with van der Waals surface area (Å²) in [5, 5.41) is 7.51. The van der Waals surface area contributed by atoms with E-state index in [0.29, 0.717) is 0 Å². The summed E-state index contributed by atoms with van der Waals surface area (Å²) in [5.74, 6) is -1.09. The molecular weight excluding hydrogens is 288 g/mol. The molecule has 0 aromatic carbocycles. The van der Waals surface area contributed by atoms with E-state index in [1.54, 1.807) is 6.08 Å². The quantitative estimate of drug-likeness (QED) is 0.351. The van der Waals surface area contributed by atoms with Crippen molar-refractivity contribution in [1.29, 1.82) is 5.41 Å². The second-order valence-electron chi connectivity index (χ2n) is 4.36. The molecule has 4 nitrogen and oxygen atoms in total. The Bertz CT molecular complexity index is 364. The van der Waals surface area contributed by atoms with Crippen LogP contribution in [0.2, 0.25) is 0 Å². The molecule has 0 bridgehead atoms. The predicted octanol–water partition coefficient (Wildman–Crippen LogP) is 2.81. The zero-order chi connectivity index (χ0) is 12.8. The Balaban J connectivity index is 2.01. The molecule has 2 rings (SSSR count). The first-order valence-electron chi connectivity index (χ1n) is 5.05. The molecule has 0 radical (unpaired) electrons. The monoisotopic (exact) mass is 299 g/mol. The summed E-state index contributed by atoms with van der Waals surface area (Å²) in [6, 6.07) is 0. The van der Waals surface area contributed by atoms with E-state index >= 15 is 0 Å². The van der Waals surface area contributed by atoms with Crippen LogP contribution in [-0.2, 0) is 14.2 Å². The molecule has 0 amide bonds. The molecule has 1 heterocycles. The number of rotatable bonds is 1. The van der Waals surface area contributed by atoms with Crippen molar-refractivity contribution in [3.8, 4) is 0 Å². The fourth-order valence-corrected chi connectivity index (χ4v) is 1.99.